The van der Waals surface area contributed by atoms with Gasteiger partial charge in [-0.3, -0.25) is 9.36 Å². The first kappa shape index (κ1) is 11.9. The fourth-order valence-corrected chi connectivity index (χ4v) is 3.58. The molecule has 0 spiro atoms. The van der Waals surface area contributed by atoms with Crippen LogP contribution in [0.2, 0.25) is 0 Å². The number of aryl methyl sites for hydroxylation is 2. The number of fused-ring (bicyclic) bond motifs is 2. The van der Waals surface area contributed by atoms with Gasteiger partial charge in [-0.15, -0.1) is 11.3 Å². The molecule has 4 heteroatoms. The summed E-state index contributed by atoms with van der Waals surface area (Å²) < 4.78 is 2.75. The third-order valence-electron chi connectivity index (χ3n) is 3.62. The Labute approximate surface area is 110 Å². The van der Waals surface area contributed by atoms with Gasteiger partial charge in [0.25, 0.3) is 5.56 Å². The second kappa shape index (κ2) is 4.84. The maximum absolute atomic E-state index is 12.5. The second-order valence-corrected chi connectivity index (χ2v) is 6.33. The third-order valence-corrected chi connectivity index (χ3v) is 4.65. The molecule has 2 aromatic rings. The van der Waals surface area contributed by atoms with E-state index in [-0.39, 0.29) is 5.56 Å². The van der Waals surface area contributed by atoms with Crippen molar-refractivity contribution in [2.24, 2.45) is 0 Å². The molecule has 3 nitrogen and oxygen atoms in total. The molecular weight excluding hydrogens is 244 g/mol. The number of rotatable bonds is 0. The monoisotopic (exact) mass is 262 g/mol. The summed E-state index contributed by atoms with van der Waals surface area (Å²) in [5.74, 6) is 0.993. The molecule has 0 atom stereocenters. The number of nitrogens with zero attached hydrogens (tertiary/aromatic N) is 2. The molecule has 1 aliphatic heterocycles. The number of aromatic nitrogens is 2. The van der Waals surface area contributed by atoms with Gasteiger partial charge < -0.3 is 0 Å². The van der Waals surface area contributed by atoms with Crippen LogP contribution < -0.4 is 5.56 Å². The molecule has 0 unspecified atom stereocenters. The minimum Gasteiger partial charge on any atom is -0.295 e. The fourth-order valence-electron chi connectivity index (χ4n) is 2.68. The van der Waals surface area contributed by atoms with Crippen LogP contribution in [0.1, 0.15) is 42.8 Å². The van der Waals surface area contributed by atoms with Crippen molar-refractivity contribution >= 4 is 21.6 Å². The zero-order valence-electron chi connectivity index (χ0n) is 10.7. The summed E-state index contributed by atoms with van der Waals surface area (Å²) in [7, 11) is 0. The van der Waals surface area contributed by atoms with E-state index in [0.29, 0.717) is 0 Å². The molecule has 0 saturated heterocycles. The van der Waals surface area contributed by atoms with Crippen LogP contribution in [-0.4, -0.2) is 9.55 Å². The lowest BCUT2D eigenvalue weighted by molar-refractivity contribution is 0.570. The smallest absolute Gasteiger partial charge is 0.271 e. The topological polar surface area (TPSA) is 34.9 Å². The Morgan fingerprint density at radius 3 is 2.89 bits per heavy atom. The Bertz CT molecular complexity index is 626. The van der Waals surface area contributed by atoms with Gasteiger partial charge in [-0.2, -0.15) is 0 Å². The number of thiophene rings is 1. The minimum absolute atomic E-state index is 0.176. The van der Waals surface area contributed by atoms with Crippen LogP contribution in [0.3, 0.4) is 0 Å². The van der Waals surface area contributed by atoms with E-state index >= 15 is 0 Å². The molecule has 0 radical (unpaired) electrons. The van der Waals surface area contributed by atoms with Gasteiger partial charge in [0.15, 0.2) is 0 Å². The van der Waals surface area contributed by atoms with Crippen LogP contribution in [0.5, 0.6) is 0 Å². The van der Waals surface area contributed by atoms with Gasteiger partial charge in [0.2, 0.25) is 0 Å². The van der Waals surface area contributed by atoms with E-state index in [1.54, 1.807) is 11.3 Å². The molecule has 2 aromatic heterocycles. The number of hydrogen-bond acceptors (Lipinski definition) is 3. The molecule has 0 N–H and O–H groups in total. The highest BCUT2D eigenvalue weighted by Crippen LogP contribution is 2.21. The molecule has 18 heavy (non-hydrogen) atoms. The lowest BCUT2D eigenvalue weighted by Crippen LogP contribution is -2.24. The largest absolute Gasteiger partial charge is 0.295 e. The molecule has 3 rings (SSSR count). The van der Waals surface area contributed by atoms with E-state index in [1.165, 1.54) is 24.1 Å². The molecule has 0 bridgehead atoms. The number of hydrogen-bond donors (Lipinski definition) is 0. The summed E-state index contributed by atoms with van der Waals surface area (Å²) in [6.07, 6.45) is 6.98. The predicted octanol–water partition coefficient (Wildman–Crippen LogP) is 3.27. The van der Waals surface area contributed by atoms with E-state index in [0.717, 1.165) is 41.8 Å². The Hall–Kier alpha value is -1.16. The zero-order chi connectivity index (χ0) is 12.5. The van der Waals surface area contributed by atoms with E-state index in [9.17, 15) is 4.79 Å². The first-order valence-corrected chi connectivity index (χ1v) is 7.57. The maximum Gasteiger partial charge on any atom is 0.271 e. The van der Waals surface area contributed by atoms with Crippen molar-refractivity contribution in [3.63, 3.8) is 0 Å². The molecule has 0 aliphatic carbocycles. The lowest BCUT2D eigenvalue weighted by Gasteiger charge is -2.10. The molecule has 0 aromatic carbocycles. The van der Waals surface area contributed by atoms with E-state index in [1.807, 2.05) is 17.6 Å². The molecular formula is C14H18N2OS. The van der Waals surface area contributed by atoms with Gasteiger partial charge >= 0.3 is 0 Å². The van der Waals surface area contributed by atoms with Crippen molar-refractivity contribution in [2.45, 2.75) is 52.0 Å². The van der Waals surface area contributed by atoms with Gasteiger partial charge in [0.1, 0.15) is 10.5 Å². The summed E-state index contributed by atoms with van der Waals surface area (Å²) in [6, 6.07) is 2.04. The Balaban J connectivity index is 2.17. The molecule has 0 amide bonds. The summed E-state index contributed by atoms with van der Waals surface area (Å²) in [5, 5.41) is 0. The molecule has 3 heterocycles. The quantitative estimate of drug-likeness (QED) is 0.730. The highest BCUT2D eigenvalue weighted by Gasteiger charge is 2.13. The summed E-state index contributed by atoms with van der Waals surface area (Å²) in [4.78, 5) is 18.4. The summed E-state index contributed by atoms with van der Waals surface area (Å²) in [6.45, 7) is 2.88. The minimum atomic E-state index is 0.176. The highest BCUT2D eigenvalue weighted by molar-refractivity contribution is 7.18. The van der Waals surface area contributed by atoms with E-state index < -0.39 is 0 Å². The Kier molecular flexibility index (Phi) is 3.20. The average molecular weight is 262 g/mol. The maximum atomic E-state index is 12.5. The first-order valence-electron chi connectivity index (χ1n) is 6.75. The van der Waals surface area contributed by atoms with Gasteiger partial charge in [-0.05, 0) is 25.8 Å². The van der Waals surface area contributed by atoms with Crippen molar-refractivity contribution in [3.8, 4) is 0 Å². The van der Waals surface area contributed by atoms with Crippen LogP contribution in [0.25, 0.3) is 10.2 Å². The van der Waals surface area contributed by atoms with Crippen molar-refractivity contribution in [3.05, 3.63) is 27.1 Å². The van der Waals surface area contributed by atoms with Crippen LogP contribution in [0.15, 0.2) is 10.9 Å². The Morgan fingerprint density at radius 1 is 1.22 bits per heavy atom. The SMILES string of the molecule is Cc1cc2nc3n(c(=O)c2s1)CCCCCCC3. The lowest BCUT2D eigenvalue weighted by atomic mass is 10.1. The van der Waals surface area contributed by atoms with Crippen LogP contribution >= 0.6 is 11.3 Å². The van der Waals surface area contributed by atoms with Crippen molar-refractivity contribution < 1.29 is 0 Å². The van der Waals surface area contributed by atoms with Crippen molar-refractivity contribution in [1.29, 1.82) is 0 Å². The van der Waals surface area contributed by atoms with Gasteiger partial charge in [0, 0.05) is 17.8 Å². The van der Waals surface area contributed by atoms with E-state index in [2.05, 4.69) is 0 Å². The van der Waals surface area contributed by atoms with Gasteiger partial charge in [0.05, 0.1) is 5.52 Å². The zero-order valence-corrected chi connectivity index (χ0v) is 11.6. The van der Waals surface area contributed by atoms with Crippen LogP contribution in [0.4, 0.5) is 0 Å². The fraction of sp³-hybridized carbons (Fsp3) is 0.571. The standard InChI is InChI=1S/C14H18N2OS/c1-10-9-11-13(18-10)14(17)16-8-6-4-2-3-5-7-12(16)15-11/h9H,2-8H2,1H3. The summed E-state index contributed by atoms with van der Waals surface area (Å²) >= 11 is 1.57. The molecule has 1 aliphatic rings. The van der Waals surface area contributed by atoms with Crippen molar-refractivity contribution in [1.82, 2.24) is 9.55 Å². The van der Waals surface area contributed by atoms with Gasteiger partial charge in [-0.25, -0.2) is 4.98 Å². The highest BCUT2D eigenvalue weighted by atomic mass is 32.1. The normalized spacial score (nSPS) is 16.9. The van der Waals surface area contributed by atoms with E-state index in [4.69, 9.17) is 4.98 Å². The second-order valence-electron chi connectivity index (χ2n) is 5.07. The molecule has 0 fully saturated rings. The van der Waals surface area contributed by atoms with Crippen molar-refractivity contribution in [2.75, 3.05) is 0 Å². The predicted molar refractivity (Wildman–Crippen MR) is 75.4 cm³/mol. The van der Waals surface area contributed by atoms with Crippen LogP contribution in [0, 0.1) is 6.92 Å². The molecule has 0 saturated carbocycles. The molecule has 96 valence electrons. The average Bonchev–Trinajstić information content (AvgIpc) is 2.75. The van der Waals surface area contributed by atoms with Gasteiger partial charge in [-0.1, -0.05) is 19.3 Å². The summed E-state index contributed by atoms with van der Waals surface area (Å²) in [5.41, 5.74) is 1.07. The third kappa shape index (κ3) is 2.09. The Morgan fingerprint density at radius 2 is 2.00 bits per heavy atom. The first-order chi connectivity index (χ1) is 8.75. The van der Waals surface area contributed by atoms with Crippen LogP contribution in [-0.2, 0) is 13.0 Å².